The van der Waals surface area contributed by atoms with Gasteiger partial charge in [0.25, 0.3) is 10.0 Å². The first-order valence-electron chi connectivity index (χ1n) is 8.29. The fourth-order valence-corrected chi connectivity index (χ4v) is 4.45. The van der Waals surface area contributed by atoms with Crippen molar-refractivity contribution >= 4 is 38.6 Å². The summed E-state index contributed by atoms with van der Waals surface area (Å²) in [6, 6.07) is 11.3. The largest absolute Gasteiger partial charge is 0.495 e. The van der Waals surface area contributed by atoms with Crippen LogP contribution in [0.15, 0.2) is 52.7 Å². The summed E-state index contributed by atoms with van der Waals surface area (Å²) in [5.41, 5.74) is 2.34. The number of aromatic nitrogens is 1. The Bertz CT molecular complexity index is 1110. The Hall–Kier alpha value is -2.91. The molecule has 9 heteroatoms. The molecule has 0 unspecified atom stereocenters. The third kappa shape index (κ3) is 4.49. The van der Waals surface area contributed by atoms with E-state index in [0.717, 1.165) is 5.01 Å². The monoisotopic (exact) mass is 417 g/mol. The lowest BCUT2D eigenvalue weighted by Crippen LogP contribution is -2.14. The highest BCUT2D eigenvalue weighted by Crippen LogP contribution is 2.31. The van der Waals surface area contributed by atoms with E-state index in [1.54, 1.807) is 42.5 Å². The molecule has 0 spiro atoms. The summed E-state index contributed by atoms with van der Waals surface area (Å²) in [4.78, 5) is 15.5. The number of benzene rings is 2. The summed E-state index contributed by atoms with van der Waals surface area (Å²) in [6.07, 6.45) is 0. The van der Waals surface area contributed by atoms with Gasteiger partial charge in [-0.25, -0.2) is 13.4 Å². The average molecular weight is 418 g/mol. The number of carbonyl (C=O) groups is 1. The van der Waals surface area contributed by atoms with Crippen molar-refractivity contribution in [3.63, 3.8) is 0 Å². The number of methoxy groups -OCH3 is 1. The highest BCUT2D eigenvalue weighted by molar-refractivity contribution is 7.92. The van der Waals surface area contributed by atoms with Crippen LogP contribution in [0.4, 0.5) is 11.4 Å². The summed E-state index contributed by atoms with van der Waals surface area (Å²) in [5, 5.41) is 5.40. The number of nitrogens with one attached hydrogen (secondary N) is 2. The minimum Gasteiger partial charge on any atom is -0.495 e. The lowest BCUT2D eigenvalue weighted by Gasteiger charge is -2.13. The van der Waals surface area contributed by atoms with E-state index in [4.69, 9.17) is 4.74 Å². The molecule has 0 atom stereocenters. The molecule has 28 heavy (non-hydrogen) atoms. The minimum atomic E-state index is -3.90. The molecule has 2 N–H and O–H groups in total. The van der Waals surface area contributed by atoms with Gasteiger partial charge >= 0.3 is 0 Å². The zero-order valence-electron chi connectivity index (χ0n) is 15.5. The number of amides is 1. The van der Waals surface area contributed by atoms with Crippen LogP contribution >= 0.6 is 11.3 Å². The maximum Gasteiger partial charge on any atom is 0.265 e. The minimum absolute atomic E-state index is 0.0177. The van der Waals surface area contributed by atoms with Crippen molar-refractivity contribution in [2.75, 3.05) is 17.1 Å². The molecule has 0 aliphatic carbocycles. The Morgan fingerprint density at radius 2 is 1.79 bits per heavy atom. The van der Waals surface area contributed by atoms with Gasteiger partial charge in [-0.3, -0.25) is 9.52 Å². The SMILES string of the molecule is COc1ccc(-c2csc(C)n2)cc1S(=O)(=O)Nc1ccc(NC(C)=O)cc1. The van der Waals surface area contributed by atoms with E-state index < -0.39 is 10.0 Å². The van der Waals surface area contributed by atoms with Crippen molar-refractivity contribution in [2.24, 2.45) is 0 Å². The molecule has 1 amide bonds. The topological polar surface area (TPSA) is 97.4 Å². The van der Waals surface area contributed by atoms with Crippen LogP contribution in [0.1, 0.15) is 11.9 Å². The van der Waals surface area contributed by atoms with Crippen LogP contribution in [0.2, 0.25) is 0 Å². The number of sulfonamides is 1. The van der Waals surface area contributed by atoms with E-state index in [1.165, 1.54) is 25.4 Å². The summed E-state index contributed by atoms with van der Waals surface area (Å²) in [6.45, 7) is 3.29. The number of hydrogen-bond acceptors (Lipinski definition) is 6. The Kier molecular flexibility index (Phi) is 5.66. The number of hydrogen-bond donors (Lipinski definition) is 2. The first-order chi connectivity index (χ1) is 13.3. The summed E-state index contributed by atoms with van der Waals surface area (Å²) >= 11 is 1.49. The highest BCUT2D eigenvalue weighted by Gasteiger charge is 2.21. The van der Waals surface area contributed by atoms with Gasteiger partial charge in [-0.05, 0) is 49.4 Å². The van der Waals surface area contributed by atoms with Crippen molar-refractivity contribution in [1.29, 1.82) is 0 Å². The number of anilines is 2. The molecule has 0 fully saturated rings. The lowest BCUT2D eigenvalue weighted by atomic mass is 10.2. The first-order valence-corrected chi connectivity index (χ1v) is 10.7. The molecule has 146 valence electrons. The van der Waals surface area contributed by atoms with Gasteiger partial charge in [0.15, 0.2) is 0 Å². The van der Waals surface area contributed by atoms with Crippen molar-refractivity contribution in [3.05, 3.63) is 52.9 Å². The van der Waals surface area contributed by atoms with E-state index >= 15 is 0 Å². The number of rotatable bonds is 6. The van der Waals surface area contributed by atoms with Crippen LogP contribution in [-0.2, 0) is 14.8 Å². The van der Waals surface area contributed by atoms with Gasteiger partial charge in [0, 0.05) is 29.2 Å². The standard InChI is InChI=1S/C19H19N3O4S2/c1-12(23)20-15-5-7-16(8-6-15)22-28(24,25)19-10-14(4-9-18(19)26-3)17-11-27-13(2)21-17/h4-11,22H,1-3H3,(H,20,23). The fraction of sp³-hybridized carbons (Fsp3) is 0.158. The van der Waals surface area contributed by atoms with Gasteiger partial charge in [0.05, 0.1) is 17.8 Å². The normalized spacial score (nSPS) is 11.1. The second-order valence-electron chi connectivity index (χ2n) is 5.98. The molecule has 0 aliphatic heterocycles. The number of thiazole rings is 1. The summed E-state index contributed by atoms with van der Waals surface area (Å²) in [7, 11) is -2.48. The third-order valence-electron chi connectivity index (χ3n) is 3.83. The van der Waals surface area contributed by atoms with Gasteiger partial charge in [-0.2, -0.15) is 0 Å². The maximum absolute atomic E-state index is 13.0. The van der Waals surface area contributed by atoms with Crippen LogP contribution in [0.5, 0.6) is 5.75 Å². The average Bonchev–Trinajstić information content (AvgIpc) is 3.08. The van der Waals surface area contributed by atoms with Crippen LogP contribution in [-0.4, -0.2) is 26.4 Å². The zero-order chi connectivity index (χ0) is 20.3. The van der Waals surface area contributed by atoms with Crippen molar-refractivity contribution in [3.8, 4) is 17.0 Å². The molecule has 0 aliphatic rings. The molecule has 0 bridgehead atoms. The van der Waals surface area contributed by atoms with Crippen LogP contribution < -0.4 is 14.8 Å². The zero-order valence-corrected chi connectivity index (χ0v) is 17.1. The number of aryl methyl sites for hydroxylation is 1. The molecular formula is C19H19N3O4S2. The maximum atomic E-state index is 13.0. The molecule has 1 heterocycles. The first kappa shape index (κ1) is 19.8. The van der Waals surface area contributed by atoms with E-state index in [2.05, 4.69) is 15.0 Å². The van der Waals surface area contributed by atoms with Crippen molar-refractivity contribution < 1.29 is 17.9 Å². The smallest absolute Gasteiger partial charge is 0.265 e. The second-order valence-corrected chi connectivity index (χ2v) is 8.69. The molecule has 0 saturated carbocycles. The molecule has 2 aromatic carbocycles. The van der Waals surface area contributed by atoms with Crippen LogP contribution in [0.25, 0.3) is 11.3 Å². The van der Waals surface area contributed by atoms with E-state index in [-0.39, 0.29) is 16.6 Å². The quantitative estimate of drug-likeness (QED) is 0.634. The Morgan fingerprint density at radius 1 is 1.11 bits per heavy atom. The van der Waals surface area contributed by atoms with E-state index in [1.807, 2.05) is 12.3 Å². The van der Waals surface area contributed by atoms with Gasteiger partial charge < -0.3 is 10.1 Å². The molecular weight excluding hydrogens is 398 g/mol. The predicted octanol–water partition coefficient (Wildman–Crippen LogP) is 3.89. The molecule has 0 radical (unpaired) electrons. The summed E-state index contributed by atoms with van der Waals surface area (Å²) < 4.78 is 33.7. The fourth-order valence-electron chi connectivity index (χ4n) is 2.58. The summed E-state index contributed by atoms with van der Waals surface area (Å²) in [5.74, 6) is 0.0326. The van der Waals surface area contributed by atoms with E-state index in [9.17, 15) is 13.2 Å². The van der Waals surface area contributed by atoms with Gasteiger partial charge in [-0.15, -0.1) is 11.3 Å². The number of carbonyl (C=O) groups excluding carboxylic acids is 1. The Labute approximate surface area is 167 Å². The van der Waals surface area contributed by atoms with Crippen LogP contribution in [0, 0.1) is 6.92 Å². The Balaban J connectivity index is 1.92. The van der Waals surface area contributed by atoms with Gasteiger partial charge in [0.1, 0.15) is 10.6 Å². The molecule has 3 aromatic rings. The highest BCUT2D eigenvalue weighted by atomic mass is 32.2. The predicted molar refractivity (Wildman–Crippen MR) is 110 cm³/mol. The lowest BCUT2D eigenvalue weighted by molar-refractivity contribution is -0.114. The third-order valence-corrected chi connectivity index (χ3v) is 6.00. The number of nitrogens with zero attached hydrogens (tertiary/aromatic N) is 1. The Morgan fingerprint density at radius 3 is 2.36 bits per heavy atom. The molecule has 7 nitrogen and oxygen atoms in total. The van der Waals surface area contributed by atoms with Crippen molar-refractivity contribution in [2.45, 2.75) is 18.7 Å². The molecule has 0 saturated heterocycles. The van der Waals surface area contributed by atoms with Gasteiger partial charge in [0.2, 0.25) is 5.91 Å². The van der Waals surface area contributed by atoms with Gasteiger partial charge in [-0.1, -0.05) is 0 Å². The van der Waals surface area contributed by atoms with Crippen LogP contribution in [0.3, 0.4) is 0 Å². The molecule has 1 aromatic heterocycles. The van der Waals surface area contributed by atoms with E-state index in [0.29, 0.717) is 22.6 Å². The number of ether oxygens (including phenoxy) is 1. The second kappa shape index (κ2) is 7.99. The molecule has 3 rings (SSSR count). The van der Waals surface area contributed by atoms with Crippen molar-refractivity contribution in [1.82, 2.24) is 4.98 Å².